The number of ketones is 1. The van der Waals surface area contributed by atoms with E-state index in [-0.39, 0.29) is 10.9 Å². The van der Waals surface area contributed by atoms with Crippen LogP contribution in [-0.2, 0) is 0 Å². The van der Waals surface area contributed by atoms with E-state index in [1.54, 1.807) is 30.3 Å². The van der Waals surface area contributed by atoms with Crippen LogP contribution in [0.15, 0.2) is 42.6 Å². The molecule has 1 heterocycles. The lowest BCUT2D eigenvalue weighted by atomic mass is 10.0. The molecule has 1 aromatic carbocycles. The van der Waals surface area contributed by atoms with E-state index in [1.807, 2.05) is 0 Å². The molecule has 2 aromatic rings. The maximum absolute atomic E-state index is 12.0. The summed E-state index contributed by atoms with van der Waals surface area (Å²) in [7, 11) is 0. The quantitative estimate of drug-likeness (QED) is 0.603. The second-order valence-corrected chi connectivity index (χ2v) is 3.97. The Morgan fingerprint density at radius 1 is 1.12 bits per heavy atom. The lowest BCUT2D eigenvalue weighted by Gasteiger charge is -2.03. The van der Waals surface area contributed by atoms with Crippen molar-refractivity contribution < 1.29 is 4.79 Å². The van der Waals surface area contributed by atoms with Crippen molar-refractivity contribution in [1.29, 1.82) is 0 Å². The number of pyridine rings is 1. The molecular weight excluding hydrogens is 245 g/mol. The van der Waals surface area contributed by atoms with Crippen LogP contribution in [0.1, 0.15) is 15.9 Å². The molecule has 0 amide bonds. The lowest BCUT2D eigenvalue weighted by molar-refractivity contribution is 0.103. The van der Waals surface area contributed by atoms with E-state index in [0.29, 0.717) is 16.1 Å². The molecular formula is C12H7Cl2NO. The highest BCUT2D eigenvalue weighted by Gasteiger charge is 2.12. The number of benzene rings is 1. The van der Waals surface area contributed by atoms with Gasteiger partial charge in [-0.05, 0) is 24.3 Å². The van der Waals surface area contributed by atoms with Crippen LogP contribution >= 0.6 is 23.2 Å². The topological polar surface area (TPSA) is 30.0 Å². The Bertz CT molecular complexity index is 540. The summed E-state index contributed by atoms with van der Waals surface area (Å²) in [6, 6.07) is 10.0. The molecule has 4 heteroatoms. The third kappa shape index (κ3) is 2.23. The average Bonchev–Trinajstić information content (AvgIpc) is 2.29. The molecule has 1 aromatic heterocycles. The predicted octanol–water partition coefficient (Wildman–Crippen LogP) is 3.62. The third-order valence-corrected chi connectivity index (χ3v) is 2.64. The molecule has 0 aliphatic carbocycles. The molecule has 0 saturated heterocycles. The first-order chi connectivity index (χ1) is 7.68. The number of aromatic nitrogens is 1. The van der Waals surface area contributed by atoms with Crippen molar-refractivity contribution in [3.63, 3.8) is 0 Å². The van der Waals surface area contributed by atoms with Crippen molar-refractivity contribution in [3.8, 4) is 0 Å². The van der Waals surface area contributed by atoms with Gasteiger partial charge in [0.25, 0.3) is 0 Å². The van der Waals surface area contributed by atoms with Crippen molar-refractivity contribution in [2.45, 2.75) is 0 Å². The summed E-state index contributed by atoms with van der Waals surface area (Å²) in [6.45, 7) is 0. The Balaban J connectivity index is 2.44. The monoisotopic (exact) mass is 251 g/mol. The highest BCUT2D eigenvalue weighted by molar-refractivity contribution is 6.35. The number of nitrogens with zero attached hydrogens (tertiary/aromatic N) is 1. The summed E-state index contributed by atoms with van der Waals surface area (Å²) in [5.74, 6) is -0.157. The molecule has 2 nitrogen and oxygen atoms in total. The molecule has 0 fully saturated rings. The number of carbonyl (C=O) groups excluding carboxylic acids is 1. The van der Waals surface area contributed by atoms with Crippen LogP contribution in [0.25, 0.3) is 0 Å². The van der Waals surface area contributed by atoms with Crippen molar-refractivity contribution >= 4 is 29.0 Å². The van der Waals surface area contributed by atoms with Crippen LogP contribution in [0, 0.1) is 0 Å². The van der Waals surface area contributed by atoms with Crippen molar-refractivity contribution in [3.05, 3.63) is 63.9 Å². The fourth-order valence-corrected chi connectivity index (χ4v) is 1.74. The Labute approximate surface area is 103 Å². The number of hydrogen-bond donors (Lipinski definition) is 0. The smallest absolute Gasteiger partial charge is 0.194 e. The molecule has 0 aliphatic rings. The standard InChI is InChI=1S/C12H7Cl2NO/c13-10-4-2-1-3-9(10)12(16)8-5-6-15-11(14)7-8/h1-7H. The maximum atomic E-state index is 12.0. The van der Waals surface area contributed by atoms with Gasteiger partial charge in [-0.2, -0.15) is 0 Å². The first kappa shape index (κ1) is 11.1. The molecule has 0 atom stereocenters. The van der Waals surface area contributed by atoms with Crippen molar-refractivity contribution in [2.24, 2.45) is 0 Å². The first-order valence-electron chi connectivity index (χ1n) is 4.59. The van der Waals surface area contributed by atoms with E-state index in [9.17, 15) is 4.79 Å². The summed E-state index contributed by atoms with van der Waals surface area (Å²) in [5.41, 5.74) is 0.944. The van der Waals surface area contributed by atoms with E-state index in [0.717, 1.165) is 0 Å². The van der Waals surface area contributed by atoms with Gasteiger partial charge in [0.1, 0.15) is 5.15 Å². The van der Waals surface area contributed by atoms with Crippen LogP contribution in [0.2, 0.25) is 10.2 Å². The molecule has 0 spiro atoms. The second-order valence-electron chi connectivity index (χ2n) is 3.18. The van der Waals surface area contributed by atoms with Gasteiger partial charge in [0, 0.05) is 17.3 Å². The SMILES string of the molecule is O=C(c1ccnc(Cl)c1)c1ccccc1Cl. The summed E-state index contributed by atoms with van der Waals surface area (Å²) in [6.07, 6.45) is 1.49. The fourth-order valence-electron chi connectivity index (χ4n) is 1.34. The zero-order valence-corrected chi connectivity index (χ0v) is 9.66. The van der Waals surface area contributed by atoms with Gasteiger partial charge < -0.3 is 0 Å². The number of hydrogen-bond acceptors (Lipinski definition) is 2. The molecule has 0 aliphatic heterocycles. The summed E-state index contributed by atoms with van der Waals surface area (Å²) in [5, 5.41) is 0.721. The van der Waals surface area contributed by atoms with Gasteiger partial charge in [-0.1, -0.05) is 35.3 Å². The summed E-state index contributed by atoms with van der Waals surface area (Å²) >= 11 is 11.7. The zero-order valence-electron chi connectivity index (χ0n) is 8.15. The van der Waals surface area contributed by atoms with Gasteiger partial charge in [-0.15, -0.1) is 0 Å². The summed E-state index contributed by atoms with van der Waals surface area (Å²) in [4.78, 5) is 15.9. The van der Waals surface area contributed by atoms with E-state index in [1.165, 1.54) is 12.3 Å². The molecule has 2 rings (SSSR count). The van der Waals surface area contributed by atoms with E-state index < -0.39 is 0 Å². The average molecular weight is 252 g/mol. The normalized spacial score (nSPS) is 10.1. The van der Waals surface area contributed by atoms with Gasteiger partial charge in [0.15, 0.2) is 5.78 Å². The van der Waals surface area contributed by atoms with Crippen LogP contribution in [0.5, 0.6) is 0 Å². The second kappa shape index (κ2) is 4.64. The largest absolute Gasteiger partial charge is 0.289 e. The molecule has 0 N–H and O–H groups in total. The van der Waals surface area contributed by atoms with E-state index in [2.05, 4.69) is 4.98 Å². The minimum absolute atomic E-state index is 0.157. The highest BCUT2D eigenvalue weighted by atomic mass is 35.5. The Hall–Kier alpha value is -1.38. The predicted molar refractivity (Wildman–Crippen MR) is 64.1 cm³/mol. The van der Waals surface area contributed by atoms with E-state index >= 15 is 0 Å². The molecule has 0 bridgehead atoms. The van der Waals surface area contributed by atoms with Crippen LogP contribution in [-0.4, -0.2) is 10.8 Å². The molecule has 0 radical (unpaired) electrons. The Morgan fingerprint density at radius 3 is 2.56 bits per heavy atom. The minimum atomic E-state index is -0.157. The van der Waals surface area contributed by atoms with Crippen LogP contribution in [0.3, 0.4) is 0 Å². The van der Waals surface area contributed by atoms with Crippen LogP contribution in [0.4, 0.5) is 0 Å². The fraction of sp³-hybridized carbons (Fsp3) is 0. The van der Waals surface area contributed by atoms with Gasteiger partial charge in [-0.3, -0.25) is 4.79 Å². The van der Waals surface area contributed by atoms with Gasteiger partial charge in [0.05, 0.1) is 5.02 Å². The third-order valence-electron chi connectivity index (χ3n) is 2.11. The van der Waals surface area contributed by atoms with Gasteiger partial charge in [0.2, 0.25) is 0 Å². The first-order valence-corrected chi connectivity index (χ1v) is 5.35. The molecule has 0 unspecified atom stereocenters. The highest BCUT2D eigenvalue weighted by Crippen LogP contribution is 2.19. The maximum Gasteiger partial charge on any atom is 0.194 e. The number of carbonyl (C=O) groups is 1. The van der Waals surface area contributed by atoms with Crippen molar-refractivity contribution in [2.75, 3.05) is 0 Å². The lowest BCUT2D eigenvalue weighted by Crippen LogP contribution is -2.02. The van der Waals surface area contributed by atoms with Gasteiger partial charge >= 0.3 is 0 Å². The zero-order chi connectivity index (χ0) is 11.5. The molecule has 0 saturated carbocycles. The molecule has 80 valence electrons. The molecule has 16 heavy (non-hydrogen) atoms. The van der Waals surface area contributed by atoms with Crippen molar-refractivity contribution in [1.82, 2.24) is 4.98 Å². The van der Waals surface area contributed by atoms with Gasteiger partial charge in [-0.25, -0.2) is 4.98 Å². The summed E-state index contributed by atoms with van der Waals surface area (Å²) < 4.78 is 0. The number of halogens is 2. The Morgan fingerprint density at radius 2 is 1.88 bits per heavy atom. The van der Waals surface area contributed by atoms with Crippen LogP contribution < -0.4 is 0 Å². The van der Waals surface area contributed by atoms with E-state index in [4.69, 9.17) is 23.2 Å². The Kier molecular flexibility index (Phi) is 3.22. The minimum Gasteiger partial charge on any atom is -0.289 e. The number of rotatable bonds is 2.